The van der Waals surface area contributed by atoms with E-state index in [9.17, 15) is 4.39 Å². The quantitative estimate of drug-likeness (QED) is 0.536. The molecule has 30 heavy (non-hydrogen) atoms. The minimum absolute atomic E-state index is 0.186. The van der Waals surface area contributed by atoms with Crippen LogP contribution in [0.15, 0.2) is 34.9 Å². The molecule has 154 valence electrons. The number of anilines is 2. The average molecular weight is 409 g/mol. The largest absolute Gasteiger partial charge is 0.368 e. The number of hydrogen-bond acceptors (Lipinski definition) is 9. The molecule has 2 N–H and O–H groups in total. The number of aryl methyl sites for hydroxylation is 1. The summed E-state index contributed by atoms with van der Waals surface area (Å²) in [5.74, 6) is 1.83. The van der Waals surface area contributed by atoms with Crippen LogP contribution in [0.25, 0.3) is 17.2 Å². The van der Waals surface area contributed by atoms with Crippen LogP contribution in [0.5, 0.6) is 0 Å². The van der Waals surface area contributed by atoms with Gasteiger partial charge in [-0.2, -0.15) is 19.5 Å². The van der Waals surface area contributed by atoms with Crippen molar-refractivity contribution < 1.29 is 8.91 Å². The Bertz CT molecular complexity index is 1200. The van der Waals surface area contributed by atoms with E-state index in [1.54, 1.807) is 12.1 Å². The smallest absolute Gasteiger partial charge is 0.259 e. The van der Waals surface area contributed by atoms with Crippen molar-refractivity contribution >= 4 is 17.7 Å². The second-order valence-electron chi connectivity index (χ2n) is 7.23. The first-order valence-corrected chi connectivity index (χ1v) is 9.61. The molecule has 5 rings (SSSR count). The fourth-order valence-electron chi connectivity index (χ4n) is 3.51. The summed E-state index contributed by atoms with van der Waals surface area (Å²) in [4.78, 5) is 17.7. The Hall–Kier alpha value is -3.60. The van der Waals surface area contributed by atoms with Gasteiger partial charge in [0.25, 0.3) is 5.78 Å². The number of nitrogens with zero attached hydrogens (tertiary/aromatic N) is 8. The number of benzene rings is 1. The number of nitrogens with two attached hydrogens (primary N) is 1. The van der Waals surface area contributed by atoms with Crippen molar-refractivity contribution in [1.82, 2.24) is 34.6 Å². The third-order valence-electron chi connectivity index (χ3n) is 5.02. The molecule has 0 amide bonds. The highest BCUT2D eigenvalue weighted by molar-refractivity contribution is 5.58. The van der Waals surface area contributed by atoms with Gasteiger partial charge in [-0.15, -0.1) is 5.10 Å². The fraction of sp³-hybridized carbons (Fsp3) is 0.316. The van der Waals surface area contributed by atoms with Crippen LogP contribution in [0.1, 0.15) is 11.5 Å². The molecule has 1 aromatic carbocycles. The van der Waals surface area contributed by atoms with Gasteiger partial charge in [0.2, 0.25) is 11.9 Å². The van der Waals surface area contributed by atoms with E-state index in [0.717, 1.165) is 44.2 Å². The Morgan fingerprint density at radius 1 is 1.10 bits per heavy atom. The van der Waals surface area contributed by atoms with Gasteiger partial charge in [-0.05, 0) is 19.1 Å². The lowest BCUT2D eigenvalue weighted by atomic mass is 10.2. The third kappa shape index (κ3) is 3.54. The first-order valence-electron chi connectivity index (χ1n) is 9.61. The molecule has 0 spiro atoms. The molecule has 0 aliphatic carbocycles. The zero-order valence-electron chi connectivity index (χ0n) is 16.4. The van der Waals surface area contributed by atoms with Crippen molar-refractivity contribution in [2.75, 3.05) is 36.8 Å². The predicted molar refractivity (Wildman–Crippen MR) is 107 cm³/mol. The Morgan fingerprint density at radius 2 is 1.93 bits per heavy atom. The van der Waals surface area contributed by atoms with E-state index >= 15 is 0 Å². The van der Waals surface area contributed by atoms with E-state index in [-0.39, 0.29) is 11.8 Å². The molecule has 4 heterocycles. The van der Waals surface area contributed by atoms with Gasteiger partial charge in [0.15, 0.2) is 5.82 Å². The lowest BCUT2D eigenvalue weighted by Gasteiger charge is -2.34. The van der Waals surface area contributed by atoms with Gasteiger partial charge in [0.05, 0.1) is 5.69 Å². The lowest BCUT2D eigenvalue weighted by Crippen LogP contribution is -2.46. The molecule has 3 aromatic heterocycles. The maximum absolute atomic E-state index is 13.5. The van der Waals surface area contributed by atoms with Gasteiger partial charge in [0.1, 0.15) is 11.6 Å². The number of rotatable bonds is 4. The van der Waals surface area contributed by atoms with Crippen LogP contribution in [0.4, 0.5) is 16.3 Å². The molecule has 0 atom stereocenters. The van der Waals surface area contributed by atoms with Gasteiger partial charge in [0, 0.05) is 44.4 Å². The average Bonchev–Trinajstić information content (AvgIpc) is 3.35. The van der Waals surface area contributed by atoms with Gasteiger partial charge in [-0.1, -0.05) is 17.3 Å². The van der Waals surface area contributed by atoms with Crippen molar-refractivity contribution in [1.29, 1.82) is 0 Å². The molecule has 1 aliphatic rings. The lowest BCUT2D eigenvalue weighted by molar-refractivity contribution is 0.240. The molecule has 1 fully saturated rings. The van der Waals surface area contributed by atoms with E-state index in [1.165, 1.54) is 16.6 Å². The summed E-state index contributed by atoms with van der Waals surface area (Å²) in [5, 5.41) is 8.37. The molecular formula is C19H20FN9O. The van der Waals surface area contributed by atoms with E-state index in [4.69, 9.17) is 10.3 Å². The summed E-state index contributed by atoms with van der Waals surface area (Å²) in [6.45, 7) is 5.79. The van der Waals surface area contributed by atoms with E-state index in [0.29, 0.717) is 23.1 Å². The number of nitrogen functional groups attached to an aromatic ring is 1. The Balaban J connectivity index is 1.34. The molecule has 0 saturated carbocycles. The number of halogens is 1. The van der Waals surface area contributed by atoms with Crippen LogP contribution in [-0.2, 0) is 6.54 Å². The highest BCUT2D eigenvalue weighted by Gasteiger charge is 2.22. The molecule has 10 nitrogen and oxygen atoms in total. The summed E-state index contributed by atoms with van der Waals surface area (Å²) in [7, 11) is 0. The molecule has 0 bridgehead atoms. The molecule has 4 aromatic rings. The summed E-state index contributed by atoms with van der Waals surface area (Å²) >= 11 is 0. The molecule has 1 aliphatic heterocycles. The number of aromatic nitrogens is 6. The first kappa shape index (κ1) is 18.4. The van der Waals surface area contributed by atoms with Crippen molar-refractivity contribution in [3.05, 3.63) is 47.6 Å². The summed E-state index contributed by atoms with van der Waals surface area (Å²) in [5.41, 5.74) is 7.58. The zero-order chi connectivity index (χ0) is 20.7. The first-order chi connectivity index (χ1) is 14.5. The van der Waals surface area contributed by atoms with E-state index in [2.05, 4.69) is 35.0 Å². The monoisotopic (exact) mass is 409 g/mol. The normalized spacial score (nSPS) is 15.2. The van der Waals surface area contributed by atoms with Gasteiger partial charge >= 0.3 is 0 Å². The van der Waals surface area contributed by atoms with Crippen molar-refractivity contribution in [3.8, 4) is 11.4 Å². The van der Waals surface area contributed by atoms with Crippen LogP contribution in [-0.4, -0.2) is 60.8 Å². The zero-order valence-corrected chi connectivity index (χ0v) is 16.4. The second kappa shape index (κ2) is 7.34. The van der Waals surface area contributed by atoms with E-state index in [1.807, 2.05) is 13.0 Å². The molecule has 11 heteroatoms. The predicted octanol–water partition coefficient (Wildman–Crippen LogP) is 1.53. The fourth-order valence-corrected chi connectivity index (χ4v) is 3.51. The Kier molecular flexibility index (Phi) is 4.51. The SMILES string of the molecule is Cc1cc(CN2CCN(c3nc(N)n4nc(-c5cccc(F)c5)nc4n3)CC2)no1. The molecular weight excluding hydrogens is 389 g/mol. The number of fused-ring (bicyclic) bond motifs is 1. The topological polar surface area (TPSA) is 114 Å². The highest BCUT2D eigenvalue weighted by atomic mass is 19.1. The highest BCUT2D eigenvalue weighted by Crippen LogP contribution is 2.20. The summed E-state index contributed by atoms with van der Waals surface area (Å²) in [6, 6.07) is 8.03. The standard InChI is InChI=1S/C19H20FN9O/c1-12-9-15(26-30-12)11-27-5-7-28(8-6-27)18-23-17(21)29-19(24-18)22-16(25-29)13-3-2-4-14(20)10-13/h2-4,9-10H,5-8,11H2,1H3,(H2,21,22,23,24,25). The third-order valence-corrected chi connectivity index (χ3v) is 5.02. The van der Waals surface area contributed by atoms with Crippen molar-refractivity contribution in [2.45, 2.75) is 13.5 Å². The molecule has 0 radical (unpaired) electrons. The van der Waals surface area contributed by atoms with Crippen LogP contribution < -0.4 is 10.6 Å². The van der Waals surface area contributed by atoms with Crippen LogP contribution in [0, 0.1) is 12.7 Å². The van der Waals surface area contributed by atoms with Crippen molar-refractivity contribution in [3.63, 3.8) is 0 Å². The summed E-state index contributed by atoms with van der Waals surface area (Å²) < 4.78 is 20.0. The summed E-state index contributed by atoms with van der Waals surface area (Å²) in [6.07, 6.45) is 0. The van der Waals surface area contributed by atoms with E-state index < -0.39 is 0 Å². The second-order valence-corrected chi connectivity index (χ2v) is 7.23. The van der Waals surface area contributed by atoms with Gasteiger partial charge in [-0.25, -0.2) is 4.39 Å². The number of hydrogen-bond donors (Lipinski definition) is 1. The minimum Gasteiger partial charge on any atom is -0.368 e. The Morgan fingerprint density at radius 3 is 2.67 bits per heavy atom. The van der Waals surface area contributed by atoms with Crippen LogP contribution in [0.2, 0.25) is 0 Å². The molecule has 1 saturated heterocycles. The van der Waals surface area contributed by atoms with Crippen LogP contribution in [0.3, 0.4) is 0 Å². The maximum Gasteiger partial charge on any atom is 0.259 e. The molecule has 0 unspecified atom stereocenters. The van der Waals surface area contributed by atoms with Gasteiger partial charge < -0.3 is 15.2 Å². The minimum atomic E-state index is -0.357. The van der Waals surface area contributed by atoms with Crippen LogP contribution >= 0.6 is 0 Å². The van der Waals surface area contributed by atoms with Gasteiger partial charge in [-0.3, -0.25) is 4.90 Å². The Labute approximate surface area is 171 Å². The van der Waals surface area contributed by atoms with Crippen molar-refractivity contribution in [2.24, 2.45) is 0 Å². The maximum atomic E-state index is 13.5. The number of piperazine rings is 1.